The molecule has 0 N–H and O–H groups in total. The van der Waals surface area contributed by atoms with E-state index in [0.29, 0.717) is 5.78 Å². The molecule has 0 spiro atoms. The molecule has 0 aliphatic carbocycles. The van der Waals surface area contributed by atoms with Crippen molar-refractivity contribution in [2.75, 3.05) is 0 Å². The first kappa shape index (κ1) is 14.0. The van der Waals surface area contributed by atoms with E-state index in [1.54, 1.807) is 0 Å². The number of benzene rings is 1. The standard InChI is InChI=1S/C16H24O/c1-7-14(8-2)16(17)15-12(5)10(3)9-11(4)13(15)6/h9,14H,7-8H2,1-6H3. The first-order chi connectivity index (χ1) is 7.93. The number of ketones is 1. The quantitative estimate of drug-likeness (QED) is 0.697. The fraction of sp³-hybridized carbons (Fsp3) is 0.562. The van der Waals surface area contributed by atoms with Crippen LogP contribution in [0.1, 0.15) is 59.3 Å². The summed E-state index contributed by atoms with van der Waals surface area (Å²) in [6.45, 7) is 12.5. The summed E-state index contributed by atoms with van der Waals surface area (Å²) in [4.78, 5) is 12.6. The molecule has 0 heterocycles. The molecule has 0 saturated carbocycles. The highest BCUT2D eigenvalue weighted by molar-refractivity contribution is 6.01. The Hall–Kier alpha value is -1.11. The number of carbonyl (C=O) groups excluding carboxylic acids is 1. The minimum atomic E-state index is 0.175. The van der Waals surface area contributed by atoms with Crippen molar-refractivity contribution >= 4 is 5.78 Å². The molecule has 0 atom stereocenters. The molecule has 17 heavy (non-hydrogen) atoms. The second-order valence-corrected chi connectivity index (χ2v) is 5.01. The van der Waals surface area contributed by atoms with Crippen LogP contribution < -0.4 is 0 Å². The Labute approximate surface area is 105 Å². The second-order valence-electron chi connectivity index (χ2n) is 5.01. The average molecular weight is 232 g/mol. The fourth-order valence-corrected chi connectivity index (χ4v) is 2.45. The van der Waals surface area contributed by atoms with Crippen molar-refractivity contribution in [3.05, 3.63) is 33.9 Å². The molecule has 1 aromatic carbocycles. The number of Topliss-reactive ketones (excluding diaryl/α,β-unsaturated/α-hetero) is 1. The lowest BCUT2D eigenvalue weighted by Crippen LogP contribution is -2.17. The van der Waals surface area contributed by atoms with E-state index in [1.807, 2.05) is 0 Å². The van der Waals surface area contributed by atoms with Crippen molar-refractivity contribution in [1.29, 1.82) is 0 Å². The van der Waals surface area contributed by atoms with E-state index >= 15 is 0 Å². The van der Waals surface area contributed by atoms with Gasteiger partial charge in [0.25, 0.3) is 0 Å². The van der Waals surface area contributed by atoms with E-state index in [1.165, 1.54) is 11.1 Å². The molecular weight excluding hydrogens is 208 g/mol. The van der Waals surface area contributed by atoms with Gasteiger partial charge < -0.3 is 0 Å². The average Bonchev–Trinajstić information content (AvgIpc) is 2.28. The summed E-state index contributed by atoms with van der Waals surface area (Å²) in [7, 11) is 0. The van der Waals surface area contributed by atoms with Gasteiger partial charge in [0, 0.05) is 11.5 Å². The van der Waals surface area contributed by atoms with Gasteiger partial charge in [0.2, 0.25) is 0 Å². The van der Waals surface area contributed by atoms with Crippen LogP contribution in [0.4, 0.5) is 0 Å². The molecule has 0 aliphatic heterocycles. The van der Waals surface area contributed by atoms with Crippen LogP contribution in [0.25, 0.3) is 0 Å². The second kappa shape index (κ2) is 5.48. The lowest BCUT2D eigenvalue weighted by Gasteiger charge is -2.18. The van der Waals surface area contributed by atoms with Crippen molar-refractivity contribution in [2.45, 2.75) is 54.4 Å². The van der Waals surface area contributed by atoms with Crippen LogP contribution in [0.2, 0.25) is 0 Å². The third kappa shape index (κ3) is 2.59. The number of carbonyl (C=O) groups is 1. The molecule has 0 radical (unpaired) electrons. The predicted molar refractivity (Wildman–Crippen MR) is 73.8 cm³/mol. The Morgan fingerprint density at radius 2 is 1.41 bits per heavy atom. The summed E-state index contributed by atoms with van der Waals surface area (Å²) in [5.41, 5.74) is 5.73. The van der Waals surface area contributed by atoms with Gasteiger partial charge in [0.1, 0.15) is 0 Å². The molecule has 0 saturated heterocycles. The van der Waals surface area contributed by atoms with E-state index in [9.17, 15) is 4.79 Å². The zero-order chi connectivity index (χ0) is 13.2. The maximum Gasteiger partial charge on any atom is 0.166 e. The van der Waals surface area contributed by atoms with E-state index in [0.717, 1.165) is 29.5 Å². The maximum atomic E-state index is 12.6. The molecular formula is C16H24O. The normalized spacial score (nSPS) is 11.0. The lowest BCUT2D eigenvalue weighted by molar-refractivity contribution is 0.0912. The van der Waals surface area contributed by atoms with Crippen molar-refractivity contribution < 1.29 is 4.79 Å². The molecule has 0 fully saturated rings. The summed E-state index contributed by atoms with van der Waals surface area (Å²) >= 11 is 0. The summed E-state index contributed by atoms with van der Waals surface area (Å²) in [6.07, 6.45) is 1.86. The molecule has 1 aromatic rings. The van der Waals surface area contributed by atoms with Crippen LogP contribution in [-0.2, 0) is 0 Å². The van der Waals surface area contributed by atoms with Gasteiger partial charge in [-0.1, -0.05) is 19.9 Å². The van der Waals surface area contributed by atoms with Gasteiger partial charge in [0.15, 0.2) is 5.78 Å². The van der Waals surface area contributed by atoms with Crippen LogP contribution in [0.5, 0.6) is 0 Å². The van der Waals surface area contributed by atoms with Crippen molar-refractivity contribution in [3.8, 4) is 0 Å². The monoisotopic (exact) mass is 232 g/mol. The van der Waals surface area contributed by atoms with Gasteiger partial charge in [-0.15, -0.1) is 0 Å². The first-order valence-corrected chi connectivity index (χ1v) is 6.55. The van der Waals surface area contributed by atoms with E-state index in [2.05, 4.69) is 47.6 Å². The molecule has 0 amide bonds. The van der Waals surface area contributed by atoms with Crippen LogP contribution in [0.3, 0.4) is 0 Å². The van der Waals surface area contributed by atoms with Gasteiger partial charge in [-0.25, -0.2) is 0 Å². The van der Waals surface area contributed by atoms with Gasteiger partial charge in [-0.2, -0.15) is 0 Å². The smallest absolute Gasteiger partial charge is 0.166 e. The fourth-order valence-electron chi connectivity index (χ4n) is 2.45. The number of rotatable bonds is 4. The Bertz CT molecular complexity index is 399. The van der Waals surface area contributed by atoms with Gasteiger partial charge in [-0.3, -0.25) is 4.79 Å². The van der Waals surface area contributed by atoms with Crippen LogP contribution in [-0.4, -0.2) is 5.78 Å². The minimum absolute atomic E-state index is 0.175. The van der Waals surface area contributed by atoms with E-state index in [4.69, 9.17) is 0 Å². The predicted octanol–water partition coefficient (Wildman–Crippen LogP) is 4.54. The molecule has 0 unspecified atom stereocenters. The van der Waals surface area contributed by atoms with Gasteiger partial charge >= 0.3 is 0 Å². The number of aryl methyl sites for hydroxylation is 2. The zero-order valence-electron chi connectivity index (χ0n) is 12.0. The zero-order valence-corrected chi connectivity index (χ0v) is 12.0. The number of hydrogen-bond donors (Lipinski definition) is 0. The molecule has 1 rings (SSSR count). The van der Waals surface area contributed by atoms with Crippen molar-refractivity contribution in [2.24, 2.45) is 5.92 Å². The highest BCUT2D eigenvalue weighted by atomic mass is 16.1. The summed E-state index contributed by atoms with van der Waals surface area (Å²) in [5.74, 6) is 0.505. The third-order valence-corrected chi connectivity index (χ3v) is 3.97. The highest BCUT2D eigenvalue weighted by Crippen LogP contribution is 2.26. The highest BCUT2D eigenvalue weighted by Gasteiger charge is 2.21. The number of hydrogen-bond acceptors (Lipinski definition) is 1. The van der Waals surface area contributed by atoms with Crippen LogP contribution in [0, 0.1) is 33.6 Å². The Morgan fingerprint density at radius 1 is 1.00 bits per heavy atom. The summed E-state index contributed by atoms with van der Waals surface area (Å²) < 4.78 is 0. The molecule has 1 nitrogen and oxygen atoms in total. The van der Waals surface area contributed by atoms with Gasteiger partial charge in [-0.05, 0) is 62.8 Å². The largest absolute Gasteiger partial charge is 0.294 e. The Balaban J connectivity index is 3.35. The van der Waals surface area contributed by atoms with Gasteiger partial charge in [0.05, 0.1) is 0 Å². The van der Waals surface area contributed by atoms with Crippen LogP contribution in [0.15, 0.2) is 6.07 Å². The minimum Gasteiger partial charge on any atom is -0.294 e. The Kier molecular flexibility index (Phi) is 4.50. The third-order valence-electron chi connectivity index (χ3n) is 3.97. The van der Waals surface area contributed by atoms with E-state index < -0.39 is 0 Å². The SMILES string of the molecule is CCC(CC)C(=O)c1c(C)c(C)cc(C)c1C. The molecule has 0 aliphatic rings. The molecule has 0 bridgehead atoms. The first-order valence-electron chi connectivity index (χ1n) is 6.55. The Morgan fingerprint density at radius 3 is 1.76 bits per heavy atom. The molecule has 0 aromatic heterocycles. The van der Waals surface area contributed by atoms with Crippen LogP contribution >= 0.6 is 0 Å². The topological polar surface area (TPSA) is 17.1 Å². The van der Waals surface area contributed by atoms with Crippen molar-refractivity contribution in [3.63, 3.8) is 0 Å². The molecule has 1 heteroatoms. The van der Waals surface area contributed by atoms with Crippen molar-refractivity contribution in [1.82, 2.24) is 0 Å². The summed E-state index contributed by atoms with van der Waals surface area (Å²) in [6, 6.07) is 2.17. The molecule has 94 valence electrons. The van der Waals surface area contributed by atoms with E-state index in [-0.39, 0.29) is 5.92 Å². The lowest BCUT2D eigenvalue weighted by atomic mass is 9.85. The maximum absolute atomic E-state index is 12.6. The summed E-state index contributed by atoms with van der Waals surface area (Å²) in [5, 5.41) is 0.